The molecule has 0 aromatic heterocycles. The van der Waals surface area contributed by atoms with Crippen molar-refractivity contribution in [2.45, 2.75) is 40.3 Å². The van der Waals surface area contributed by atoms with Crippen LogP contribution in [0.4, 0.5) is 4.39 Å². The molecule has 24 heavy (non-hydrogen) atoms. The molecule has 0 saturated carbocycles. The van der Waals surface area contributed by atoms with Crippen molar-refractivity contribution in [1.29, 1.82) is 0 Å². The fourth-order valence-electron chi connectivity index (χ4n) is 2.60. The lowest BCUT2D eigenvalue weighted by molar-refractivity contribution is -0.122. The zero-order valence-electron chi connectivity index (χ0n) is 14.9. The molecule has 0 aliphatic carbocycles. The molecule has 1 aromatic carbocycles. The number of halogens is 1. The molecular formula is C17H27FN2O3S. The van der Waals surface area contributed by atoms with Gasteiger partial charge < -0.3 is 5.32 Å². The van der Waals surface area contributed by atoms with Crippen LogP contribution in [0.3, 0.4) is 0 Å². The second-order valence-corrected chi connectivity index (χ2v) is 8.69. The van der Waals surface area contributed by atoms with Crippen LogP contribution in [0, 0.1) is 17.7 Å². The Balaban J connectivity index is 2.88. The molecule has 0 atom stereocenters. The van der Waals surface area contributed by atoms with Gasteiger partial charge in [-0.2, -0.15) is 4.31 Å². The SMILES string of the molecule is CC(C)C(NC(=O)CN(Cc1ccccc1F)S(C)(=O)=O)C(C)C. The van der Waals surface area contributed by atoms with Crippen molar-refractivity contribution >= 4 is 15.9 Å². The molecule has 0 radical (unpaired) electrons. The van der Waals surface area contributed by atoms with Gasteiger partial charge in [-0.05, 0) is 17.9 Å². The van der Waals surface area contributed by atoms with E-state index in [4.69, 9.17) is 0 Å². The quantitative estimate of drug-likeness (QED) is 0.776. The van der Waals surface area contributed by atoms with Gasteiger partial charge in [-0.15, -0.1) is 0 Å². The van der Waals surface area contributed by atoms with Crippen molar-refractivity contribution in [3.63, 3.8) is 0 Å². The summed E-state index contributed by atoms with van der Waals surface area (Å²) in [7, 11) is -3.65. The van der Waals surface area contributed by atoms with Crippen molar-refractivity contribution in [2.75, 3.05) is 12.8 Å². The first kappa shape index (κ1) is 20.6. The molecule has 1 aromatic rings. The Kier molecular flexibility index (Phi) is 7.35. The zero-order valence-corrected chi connectivity index (χ0v) is 15.7. The van der Waals surface area contributed by atoms with Gasteiger partial charge in [-0.25, -0.2) is 12.8 Å². The third-order valence-electron chi connectivity index (χ3n) is 3.86. The lowest BCUT2D eigenvalue weighted by atomic mass is 9.93. The normalized spacial score (nSPS) is 12.4. The predicted molar refractivity (Wildman–Crippen MR) is 93.3 cm³/mol. The Bertz CT molecular complexity index is 652. The number of hydrogen-bond acceptors (Lipinski definition) is 3. The first-order valence-electron chi connectivity index (χ1n) is 8.00. The Morgan fingerprint density at radius 2 is 1.71 bits per heavy atom. The van der Waals surface area contributed by atoms with E-state index in [1.54, 1.807) is 6.07 Å². The number of amides is 1. The van der Waals surface area contributed by atoms with Crippen LogP contribution in [0.15, 0.2) is 24.3 Å². The van der Waals surface area contributed by atoms with Gasteiger partial charge in [0, 0.05) is 18.2 Å². The monoisotopic (exact) mass is 358 g/mol. The minimum atomic E-state index is -3.65. The Morgan fingerprint density at radius 3 is 2.17 bits per heavy atom. The number of rotatable bonds is 8. The minimum absolute atomic E-state index is 0.0487. The van der Waals surface area contributed by atoms with Crippen molar-refractivity contribution in [2.24, 2.45) is 11.8 Å². The smallest absolute Gasteiger partial charge is 0.235 e. The highest BCUT2D eigenvalue weighted by Crippen LogP contribution is 2.14. The summed E-state index contributed by atoms with van der Waals surface area (Å²) < 4.78 is 38.7. The van der Waals surface area contributed by atoms with Crippen molar-refractivity contribution in [3.05, 3.63) is 35.6 Å². The molecule has 7 heteroatoms. The molecule has 0 unspecified atom stereocenters. The second-order valence-electron chi connectivity index (χ2n) is 6.70. The second kappa shape index (κ2) is 8.58. The maximum absolute atomic E-state index is 13.8. The molecule has 0 heterocycles. The maximum Gasteiger partial charge on any atom is 0.235 e. The molecule has 0 spiro atoms. The van der Waals surface area contributed by atoms with Crippen molar-refractivity contribution in [1.82, 2.24) is 9.62 Å². The van der Waals surface area contributed by atoms with E-state index in [-0.39, 0.29) is 42.4 Å². The molecule has 0 aliphatic heterocycles. The lowest BCUT2D eigenvalue weighted by Crippen LogP contribution is -2.47. The maximum atomic E-state index is 13.8. The van der Waals surface area contributed by atoms with E-state index in [0.29, 0.717) is 0 Å². The zero-order chi connectivity index (χ0) is 18.5. The van der Waals surface area contributed by atoms with Crippen LogP contribution in [0.1, 0.15) is 33.3 Å². The third kappa shape index (κ3) is 6.20. The minimum Gasteiger partial charge on any atom is -0.352 e. The van der Waals surface area contributed by atoms with Crippen LogP contribution in [0.5, 0.6) is 0 Å². The van der Waals surface area contributed by atoms with Gasteiger partial charge in [0.1, 0.15) is 5.82 Å². The number of sulfonamides is 1. The van der Waals surface area contributed by atoms with Gasteiger partial charge in [0.05, 0.1) is 12.8 Å². The summed E-state index contributed by atoms with van der Waals surface area (Å²) in [6.45, 7) is 7.49. The summed E-state index contributed by atoms with van der Waals surface area (Å²) in [5, 5.41) is 2.88. The highest BCUT2D eigenvalue weighted by atomic mass is 32.2. The van der Waals surface area contributed by atoms with E-state index in [2.05, 4.69) is 5.32 Å². The van der Waals surface area contributed by atoms with Crippen molar-refractivity contribution < 1.29 is 17.6 Å². The Labute approximate surface area is 144 Å². The predicted octanol–water partition coefficient (Wildman–Crippen LogP) is 2.38. The Morgan fingerprint density at radius 1 is 1.17 bits per heavy atom. The van der Waals surface area contributed by atoms with Crippen LogP contribution in [0.25, 0.3) is 0 Å². The van der Waals surface area contributed by atoms with Crippen molar-refractivity contribution in [3.8, 4) is 0 Å². The van der Waals surface area contributed by atoms with E-state index in [9.17, 15) is 17.6 Å². The summed E-state index contributed by atoms with van der Waals surface area (Å²) in [6.07, 6.45) is 1.02. The molecule has 1 amide bonds. The number of benzene rings is 1. The summed E-state index contributed by atoms with van der Waals surface area (Å²) in [4.78, 5) is 12.3. The summed E-state index contributed by atoms with van der Waals surface area (Å²) >= 11 is 0. The molecule has 0 bridgehead atoms. The molecule has 136 valence electrons. The van der Waals surface area contributed by atoms with E-state index in [1.165, 1.54) is 18.2 Å². The Hall–Kier alpha value is -1.47. The molecule has 5 nitrogen and oxygen atoms in total. The van der Waals surface area contributed by atoms with Crippen LogP contribution >= 0.6 is 0 Å². The molecule has 0 saturated heterocycles. The van der Waals surface area contributed by atoms with Crippen LogP contribution in [-0.2, 0) is 21.4 Å². The van der Waals surface area contributed by atoms with Gasteiger partial charge >= 0.3 is 0 Å². The van der Waals surface area contributed by atoms with E-state index < -0.39 is 15.8 Å². The number of nitrogens with one attached hydrogen (secondary N) is 1. The highest BCUT2D eigenvalue weighted by molar-refractivity contribution is 7.88. The number of hydrogen-bond donors (Lipinski definition) is 1. The molecule has 1 rings (SSSR count). The number of carbonyl (C=O) groups excluding carboxylic acids is 1. The van der Waals surface area contributed by atoms with Crippen LogP contribution < -0.4 is 5.32 Å². The molecule has 0 aliphatic rings. The molecule has 0 fully saturated rings. The largest absolute Gasteiger partial charge is 0.352 e. The molecular weight excluding hydrogens is 331 g/mol. The first-order chi connectivity index (χ1) is 11.0. The van der Waals surface area contributed by atoms with E-state index in [1.807, 2.05) is 27.7 Å². The van der Waals surface area contributed by atoms with Gasteiger partial charge in [-0.1, -0.05) is 45.9 Å². The summed E-state index contributed by atoms with van der Waals surface area (Å²) in [6, 6.07) is 5.89. The van der Waals surface area contributed by atoms with Gasteiger partial charge in [0.25, 0.3) is 0 Å². The van der Waals surface area contributed by atoms with Gasteiger partial charge in [-0.3, -0.25) is 4.79 Å². The van der Waals surface area contributed by atoms with E-state index >= 15 is 0 Å². The average Bonchev–Trinajstić information content (AvgIpc) is 2.44. The number of nitrogens with zero attached hydrogens (tertiary/aromatic N) is 1. The summed E-state index contributed by atoms with van der Waals surface area (Å²) in [5.41, 5.74) is 0.236. The van der Waals surface area contributed by atoms with Gasteiger partial charge in [0.2, 0.25) is 15.9 Å². The van der Waals surface area contributed by atoms with Crippen LogP contribution in [-0.4, -0.2) is 37.5 Å². The van der Waals surface area contributed by atoms with Crippen LogP contribution in [0.2, 0.25) is 0 Å². The first-order valence-corrected chi connectivity index (χ1v) is 9.85. The van der Waals surface area contributed by atoms with Gasteiger partial charge in [0.15, 0.2) is 0 Å². The topological polar surface area (TPSA) is 66.5 Å². The summed E-state index contributed by atoms with van der Waals surface area (Å²) in [5.74, 6) is -0.419. The standard InChI is InChI=1S/C17H27FN2O3S/c1-12(2)17(13(3)4)19-16(21)11-20(24(5,22)23)10-14-8-6-7-9-15(14)18/h6-9,12-13,17H,10-11H2,1-5H3,(H,19,21). The lowest BCUT2D eigenvalue weighted by Gasteiger charge is -2.27. The third-order valence-corrected chi connectivity index (χ3v) is 5.05. The highest BCUT2D eigenvalue weighted by Gasteiger charge is 2.25. The average molecular weight is 358 g/mol. The molecule has 1 N–H and O–H groups in total. The fraction of sp³-hybridized carbons (Fsp3) is 0.588. The number of carbonyl (C=O) groups is 1. The van der Waals surface area contributed by atoms with E-state index in [0.717, 1.165) is 10.6 Å². The fourth-order valence-corrected chi connectivity index (χ4v) is 3.33.